The Morgan fingerprint density at radius 2 is 2.25 bits per heavy atom. The number of alkyl halides is 1. The minimum Gasteiger partial charge on any atom is -0.354 e. The molecule has 1 fully saturated rings. The van der Waals surface area contributed by atoms with Crippen molar-refractivity contribution in [2.45, 2.75) is 24.8 Å². The first-order valence-electron chi connectivity index (χ1n) is 6.32. The summed E-state index contributed by atoms with van der Waals surface area (Å²) in [6.07, 6.45) is 1.33. The third-order valence-electron chi connectivity index (χ3n) is 3.50. The number of hydrogen-bond donors (Lipinski definition) is 1. The molecule has 1 aromatic heterocycles. The van der Waals surface area contributed by atoms with Gasteiger partial charge in [0, 0.05) is 6.54 Å². The summed E-state index contributed by atoms with van der Waals surface area (Å²) in [7, 11) is 0. The van der Waals surface area contributed by atoms with Gasteiger partial charge in [-0.25, -0.2) is 13.8 Å². The Kier molecular flexibility index (Phi) is 3.33. The van der Waals surface area contributed by atoms with E-state index in [0.29, 0.717) is 24.3 Å². The van der Waals surface area contributed by atoms with Crippen LogP contribution in [0.15, 0.2) is 12.1 Å². The lowest BCUT2D eigenvalue weighted by Crippen LogP contribution is -2.38. The van der Waals surface area contributed by atoms with Crippen molar-refractivity contribution in [1.82, 2.24) is 14.9 Å². The summed E-state index contributed by atoms with van der Waals surface area (Å²) in [5.41, 5.74) is 0.306. The molecule has 7 heteroatoms. The second-order valence-electron chi connectivity index (χ2n) is 4.71. The predicted molar refractivity (Wildman–Crippen MR) is 70.5 cm³/mol. The molecule has 0 spiro atoms. The van der Waals surface area contributed by atoms with Crippen molar-refractivity contribution in [1.29, 1.82) is 0 Å². The third kappa shape index (κ3) is 1.95. The van der Waals surface area contributed by atoms with Gasteiger partial charge in [0.2, 0.25) is 5.91 Å². The molecule has 1 aliphatic heterocycles. The first-order valence-corrected chi connectivity index (χ1v) is 6.85. The number of amides is 1. The molecule has 106 valence electrons. The van der Waals surface area contributed by atoms with Crippen LogP contribution in [0.4, 0.5) is 8.78 Å². The lowest BCUT2D eigenvalue weighted by atomic mass is 10.1. The van der Waals surface area contributed by atoms with E-state index in [9.17, 15) is 13.6 Å². The van der Waals surface area contributed by atoms with Gasteiger partial charge in [-0.1, -0.05) is 0 Å². The van der Waals surface area contributed by atoms with Crippen LogP contribution >= 0.6 is 11.6 Å². The summed E-state index contributed by atoms with van der Waals surface area (Å²) in [6.45, 7) is 0.592. The number of carbonyl (C=O) groups is 1. The van der Waals surface area contributed by atoms with Crippen molar-refractivity contribution in [2.75, 3.05) is 6.54 Å². The van der Waals surface area contributed by atoms with E-state index in [1.54, 1.807) is 0 Å². The van der Waals surface area contributed by atoms with Crippen molar-refractivity contribution in [2.24, 2.45) is 0 Å². The molecule has 2 aromatic rings. The minimum atomic E-state index is -0.996. The fourth-order valence-corrected chi connectivity index (χ4v) is 2.79. The van der Waals surface area contributed by atoms with E-state index in [-0.39, 0.29) is 17.3 Å². The number of nitrogens with zero attached hydrogens (tertiary/aromatic N) is 2. The fourth-order valence-electron chi connectivity index (χ4n) is 2.60. The van der Waals surface area contributed by atoms with Crippen LogP contribution in [0, 0.1) is 11.6 Å². The van der Waals surface area contributed by atoms with E-state index in [4.69, 9.17) is 11.6 Å². The van der Waals surface area contributed by atoms with Crippen LogP contribution in [0.2, 0.25) is 0 Å². The van der Waals surface area contributed by atoms with Crippen LogP contribution in [0.1, 0.15) is 24.7 Å². The van der Waals surface area contributed by atoms with Gasteiger partial charge in [0.1, 0.15) is 17.4 Å². The molecule has 0 bridgehead atoms. The van der Waals surface area contributed by atoms with E-state index >= 15 is 0 Å². The quantitative estimate of drug-likeness (QED) is 0.866. The summed E-state index contributed by atoms with van der Waals surface area (Å²) in [6, 6.07) is 1.81. The highest BCUT2D eigenvalue weighted by Crippen LogP contribution is 2.29. The molecule has 1 unspecified atom stereocenters. The normalized spacial score (nSPS) is 19.4. The summed E-state index contributed by atoms with van der Waals surface area (Å²) >= 11 is 5.83. The fraction of sp³-hybridized carbons (Fsp3) is 0.385. The highest BCUT2D eigenvalue weighted by molar-refractivity contribution is 6.17. The highest BCUT2D eigenvalue weighted by Gasteiger charge is 2.29. The van der Waals surface area contributed by atoms with E-state index in [2.05, 4.69) is 10.3 Å². The van der Waals surface area contributed by atoms with Gasteiger partial charge in [0.15, 0.2) is 11.6 Å². The maximum absolute atomic E-state index is 14.1. The molecule has 3 rings (SSSR count). The maximum Gasteiger partial charge on any atom is 0.243 e. The average Bonchev–Trinajstić information content (AvgIpc) is 2.82. The number of halogens is 3. The zero-order chi connectivity index (χ0) is 14.3. The van der Waals surface area contributed by atoms with E-state index in [1.807, 2.05) is 0 Å². The number of imidazole rings is 1. The first kappa shape index (κ1) is 13.3. The van der Waals surface area contributed by atoms with Gasteiger partial charge in [-0.2, -0.15) is 0 Å². The number of hydrogen-bond acceptors (Lipinski definition) is 2. The Balaban J connectivity index is 2.26. The molecular weight excluding hydrogens is 288 g/mol. The molecule has 1 N–H and O–H groups in total. The topological polar surface area (TPSA) is 46.9 Å². The second kappa shape index (κ2) is 5.01. The van der Waals surface area contributed by atoms with Crippen molar-refractivity contribution < 1.29 is 13.6 Å². The molecule has 20 heavy (non-hydrogen) atoms. The van der Waals surface area contributed by atoms with Crippen LogP contribution in [0.5, 0.6) is 0 Å². The van der Waals surface area contributed by atoms with Crippen LogP contribution in [-0.2, 0) is 10.7 Å². The molecule has 0 radical (unpaired) electrons. The van der Waals surface area contributed by atoms with Crippen molar-refractivity contribution in [3.05, 3.63) is 29.6 Å². The molecule has 0 saturated carbocycles. The Bertz CT molecular complexity index is 686. The zero-order valence-electron chi connectivity index (χ0n) is 10.5. The SMILES string of the molecule is O=C1NCCCC1n1c(CCl)nc2ccc(F)c(F)c21. The summed E-state index contributed by atoms with van der Waals surface area (Å²) in [4.78, 5) is 16.2. The standard InChI is InChI=1S/C13H12ClF2N3O/c14-6-10-18-8-4-3-7(15)11(16)12(8)19(10)9-2-1-5-17-13(9)20/h3-4,9H,1-2,5-6H2,(H,17,20). The highest BCUT2D eigenvalue weighted by atomic mass is 35.5. The average molecular weight is 300 g/mol. The molecule has 1 aliphatic rings. The molecule has 1 saturated heterocycles. The van der Waals surface area contributed by atoms with Crippen molar-refractivity contribution in [3.63, 3.8) is 0 Å². The van der Waals surface area contributed by atoms with Gasteiger partial charge in [-0.15, -0.1) is 11.6 Å². The Morgan fingerprint density at radius 1 is 1.45 bits per heavy atom. The Morgan fingerprint density at radius 3 is 2.95 bits per heavy atom. The number of rotatable bonds is 2. The van der Waals surface area contributed by atoms with Gasteiger partial charge >= 0.3 is 0 Å². The van der Waals surface area contributed by atoms with Gasteiger partial charge in [0.25, 0.3) is 0 Å². The van der Waals surface area contributed by atoms with Gasteiger partial charge in [-0.3, -0.25) is 4.79 Å². The van der Waals surface area contributed by atoms with E-state index in [0.717, 1.165) is 12.5 Å². The van der Waals surface area contributed by atoms with Crippen LogP contribution < -0.4 is 5.32 Å². The number of carbonyl (C=O) groups excluding carboxylic acids is 1. The molecule has 0 aliphatic carbocycles. The largest absolute Gasteiger partial charge is 0.354 e. The number of fused-ring (bicyclic) bond motifs is 1. The van der Waals surface area contributed by atoms with Crippen LogP contribution in [0.3, 0.4) is 0 Å². The van der Waals surface area contributed by atoms with E-state index in [1.165, 1.54) is 10.6 Å². The Labute approximate surface area is 118 Å². The Hall–Kier alpha value is -1.69. The molecule has 1 amide bonds. The molecular formula is C13H12ClF2N3O. The lowest BCUT2D eigenvalue weighted by Gasteiger charge is -2.25. The lowest BCUT2D eigenvalue weighted by molar-refractivity contribution is -0.125. The number of aromatic nitrogens is 2. The monoisotopic (exact) mass is 299 g/mol. The predicted octanol–water partition coefficient (Wildman–Crippen LogP) is 2.50. The van der Waals surface area contributed by atoms with Crippen molar-refractivity contribution in [3.8, 4) is 0 Å². The van der Waals surface area contributed by atoms with Gasteiger partial charge < -0.3 is 9.88 Å². The number of piperidine rings is 1. The maximum atomic E-state index is 14.1. The minimum absolute atomic E-state index is 0.00250. The molecule has 2 heterocycles. The molecule has 1 atom stereocenters. The zero-order valence-corrected chi connectivity index (χ0v) is 11.3. The van der Waals surface area contributed by atoms with Crippen LogP contribution in [-0.4, -0.2) is 22.0 Å². The van der Waals surface area contributed by atoms with Gasteiger partial charge in [0.05, 0.1) is 11.4 Å². The van der Waals surface area contributed by atoms with Crippen LogP contribution in [0.25, 0.3) is 11.0 Å². The summed E-state index contributed by atoms with van der Waals surface area (Å²) in [5.74, 6) is -1.78. The molecule has 4 nitrogen and oxygen atoms in total. The summed E-state index contributed by atoms with van der Waals surface area (Å²) in [5, 5.41) is 2.72. The smallest absolute Gasteiger partial charge is 0.243 e. The van der Waals surface area contributed by atoms with Gasteiger partial charge in [-0.05, 0) is 25.0 Å². The summed E-state index contributed by atoms with van der Waals surface area (Å²) < 4.78 is 29.0. The van der Waals surface area contributed by atoms with E-state index < -0.39 is 17.7 Å². The number of benzene rings is 1. The third-order valence-corrected chi connectivity index (χ3v) is 3.74. The molecule has 1 aromatic carbocycles. The first-order chi connectivity index (χ1) is 9.63. The second-order valence-corrected chi connectivity index (χ2v) is 4.98. The van der Waals surface area contributed by atoms with Crippen molar-refractivity contribution >= 4 is 28.5 Å². The number of nitrogens with one attached hydrogen (secondary N) is 1.